The number of ether oxygens (including phenoxy) is 4. The zero-order valence-electron chi connectivity index (χ0n) is 18.3. The van der Waals surface area contributed by atoms with Gasteiger partial charge < -0.3 is 29.2 Å². The Hall–Kier alpha value is -3.22. The van der Waals surface area contributed by atoms with Crippen LogP contribution in [0.25, 0.3) is 0 Å². The summed E-state index contributed by atoms with van der Waals surface area (Å²) in [6.07, 6.45) is -0.516. The van der Waals surface area contributed by atoms with Gasteiger partial charge in [-0.2, -0.15) is 0 Å². The Morgan fingerprint density at radius 1 is 1.06 bits per heavy atom. The van der Waals surface area contributed by atoms with Crippen molar-refractivity contribution >= 4 is 11.8 Å². The highest BCUT2D eigenvalue weighted by Gasteiger charge is 2.29. The highest BCUT2D eigenvalue weighted by Crippen LogP contribution is 2.20. The Kier molecular flexibility index (Phi) is 8.74. The van der Waals surface area contributed by atoms with Gasteiger partial charge in [0.25, 0.3) is 0 Å². The molecule has 1 aromatic heterocycles. The molecule has 1 atom stereocenters. The van der Waals surface area contributed by atoms with Crippen molar-refractivity contribution in [3.8, 4) is 5.75 Å². The molecule has 0 unspecified atom stereocenters. The molecule has 0 radical (unpaired) electrons. The Labute approximate surface area is 186 Å². The van der Waals surface area contributed by atoms with Crippen molar-refractivity contribution in [3.63, 3.8) is 0 Å². The normalized spacial score (nSPS) is 12.0. The summed E-state index contributed by atoms with van der Waals surface area (Å²) < 4.78 is 62.2. The fraction of sp³-hybridized carbons (Fsp3) is 0.381. The summed E-state index contributed by atoms with van der Waals surface area (Å²) in [5, 5.41) is 0. The van der Waals surface area contributed by atoms with Crippen LogP contribution in [-0.2, 0) is 27.2 Å². The number of pyridine rings is 1. The molecule has 9 nitrogen and oxygen atoms in total. The number of rotatable bonds is 10. The van der Waals surface area contributed by atoms with Crippen molar-refractivity contribution < 1.29 is 41.7 Å². The molecule has 2 aromatic rings. The third-order valence-corrected chi connectivity index (χ3v) is 4.82. The lowest BCUT2D eigenvalue weighted by molar-refractivity contribution is -0.111. The van der Waals surface area contributed by atoms with Gasteiger partial charge in [-0.3, -0.25) is 9.59 Å². The van der Waals surface area contributed by atoms with Gasteiger partial charge in [0.05, 0.1) is 32.4 Å². The van der Waals surface area contributed by atoms with Crippen LogP contribution in [0.15, 0.2) is 23.1 Å². The first kappa shape index (κ1) is 26.0. The van der Waals surface area contributed by atoms with Crippen LogP contribution in [0.2, 0.25) is 0 Å². The fourth-order valence-electron chi connectivity index (χ4n) is 3.14. The average molecular weight is 472 g/mol. The number of carbonyl (C=O) groups excluding carboxylic acids is 2. The highest BCUT2D eigenvalue weighted by atomic mass is 19.1. The van der Waals surface area contributed by atoms with Crippen molar-refractivity contribution in [3.05, 3.63) is 62.8 Å². The van der Waals surface area contributed by atoms with Crippen LogP contribution in [-0.4, -0.2) is 57.1 Å². The van der Waals surface area contributed by atoms with Crippen LogP contribution < -0.4 is 15.9 Å². The van der Waals surface area contributed by atoms with E-state index < -0.39 is 70.3 Å². The minimum atomic E-state index is -1.57. The summed E-state index contributed by atoms with van der Waals surface area (Å²) in [5.41, 5.74) is 3.41. The fourth-order valence-corrected chi connectivity index (χ4v) is 3.14. The molecule has 0 spiro atoms. The second-order valence-electron chi connectivity index (χ2n) is 6.82. The second kappa shape index (κ2) is 11.1. The first-order valence-electron chi connectivity index (χ1n) is 9.48. The first-order valence-corrected chi connectivity index (χ1v) is 9.48. The van der Waals surface area contributed by atoms with E-state index in [1.54, 1.807) is 0 Å². The van der Waals surface area contributed by atoms with E-state index in [9.17, 15) is 27.6 Å². The summed E-state index contributed by atoms with van der Waals surface area (Å²) in [7, 11) is 4.86. The maximum absolute atomic E-state index is 14.0. The van der Waals surface area contributed by atoms with Crippen LogP contribution >= 0.6 is 0 Å². The van der Waals surface area contributed by atoms with E-state index in [1.807, 2.05) is 0 Å². The van der Waals surface area contributed by atoms with Gasteiger partial charge in [0, 0.05) is 44.5 Å². The molecule has 0 saturated carbocycles. The van der Waals surface area contributed by atoms with E-state index in [2.05, 4.69) is 0 Å². The molecule has 2 N–H and O–H groups in total. The zero-order chi connectivity index (χ0) is 24.9. The molecule has 33 heavy (non-hydrogen) atoms. The highest BCUT2D eigenvalue weighted by molar-refractivity contribution is 6.01. The Morgan fingerprint density at radius 2 is 1.64 bits per heavy atom. The van der Waals surface area contributed by atoms with Crippen LogP contribution in [0.1, 0.15) is 26.4 Å². The lowest BCUT2D eigenvalue weighted by Gasteiger charge is -2.21. The van der Waals surface area contributed by atoms with Gasteiger partial charge >= 0.3 is 5.97 Å². The van der Waals surface area contributed by atoms with Crippen molar-refractivity contribution in [2.24, 2.45) is 5.73 Å². The van der Waals surface area contributed by atoms with Crippen molar-refractivity contribution in [1.29, 1.82) is 0 Å². The van der Waals surface area contributed by atoms with Gasteiger partial charge in [0.2, 0.25) is 5.43 Å². The number of benzene rings is 1. The Morgan fingerprint density at radius 3 is 2.12 bits per heavy atom. The summed E-state index contributed by atoms with van der Waals surface area (Å²) >= 11 is 0. The minimum Gasteiger partial charge on any atom is -0.491 e. The number of Topliss-reactive ketones (excluding diaryl/α,β-unsaturated/α-hetero) is 1. The predicted octanol–water partition coefficient (Wildman–Crippen LogP) is 1.43. The Balaban J connectivity index is 2.57. The lowest BCUT2D eigenvalue weighted by Crippen LogP contribution is -2.38. The molecule has 0 bridgehead atoms. The monoisotopic (exact) mass is 472 g/mol. The zero-order valence-corrected chi connectivity index (χ0v) is 18.3. The van der Waals surface area contributed by atoms with Crippen molar-refractivity contribution in [2.75, 3.05) is 28.4 Å². The third-order valence-electron chi connectivity index (χ3n) is 4.82. The standard InChI is InChI=1S/C21H23F3N2O7/c1-30-16(31-2)9-26-8-12(19(28)20(32-3)17(26)21(29)33-4)18(27)15(25)7-11-13(23)5-10(22)6-14(11)24/h5-6,8,15-16H,7,9,25H2,1-4H3/t15-/m0/s1. The number of nitrogens with two attached hydrogens (primary N) is 1. The quantitative estimate of drug-likeness (QED) is 0.313. The number of esters is 1. The van der Waals surface area contributed by atoms with E-state index in [-0.39, 0.29) is 12.2 Å². The number of hydrogen-bond acceptors (Lipinski definition) is 8. The molecular formula is C21H23F3N2O7. The molecular weight excluding hydrogens is 449 g/mol. The topological polar surface area (TPSA) is 119 Å². The number of ketones is 1. The van der Waals surface area contributed by atoms with E-state index in [1.165, 1.54) is 14.2 Å². The number of aromatic nitrogens is 1. The lowest BCUT2D eigenvalue weighted by atomic mass is 9.97. The maximum Gasteiger partial charge on any atom is 0.358 e. The van der Waals surface area contributed by atoms with Crippen molar-refractivity contribution in [1.82, 2.24) is 4.57 Å². The van der Waals surface area contributed by atoms with Gasteiger partial charge in [0.15, 0.2) is 23.5 Å². The molecule has 12 heteroatoms. The van der Waals surface area contributed by atoms with Gasteiger partial charge in [0.1, 0.15) is 17.5 Å². The SMILES string of the molecule is COC(=O)c1c(OC)c(=O)c(C(=O)[C@@H](N)Cc2c(F)cc(F)cc2F)cn1CC(OC)OC. The second-order valence-corrected chi connectivity index (χ2v) is 6.82. The number of carbonyl (C=O) groups is 2. The Bertz CT molecular complexity index is 1080. The van der Waals surface area contributed by atoms with Gasteiger partial charge in [-0.05, 0) is 0 Å². The van der Waals surface area contributed by atoms with E-state index >= 15 is 0 Å². The largest absolute Gasteiger partial charge is 0.491 e. The predicted molar refractivity (Wildman–Crippen MR) is 109 cm³/mol. The molecule has 1 heterocycles. The summed E-state index contributed by atoms with van der Waals surface area (Å²) in [6, 6.07) is -0.673. The maximum atomic E-state index is 14.0. The molecule has 0 aliphatic rings. The number of hydrogen-bond donors (Lipinski definition) is 1. The molecule has 180 valence electrons. The van der Waals surface area contributed by atoms with Crippen LogP contribution in [0.5, 0.6) is 5.75 Å². The van der Waals surface area contributed by atoms with Crippen molar-refractivity contribution in [2.45, 2.75) is 25.3 Å². The molecule has 0 aliphatic heterocycles. The van der Waals surface area contributed by atoms with Gasteiger partial charge in [-0.25, -0.2) is 18.0 Å². The van der Waals surface area contributed by atoms with E-state index in [0.717, 1.165) is 25.0 Å². The molecule has 0 fully saturated rings. The smallest absolute Gasteiger partial charge is 0.358 e. The third kappa shape index (κ3) is 5.59. The van der Waals surface area contributed by atoms with Crippen LogP contribution in [0.3, 0.4) is 0 Å². The molecule has 0 saturated heterocycles. The van der Waals surface area contributed by atoms with Gasteiger partial charge in [-0.15, -0.1) is 0 Å². The van der Waals surface area contributed by atoms with E-state index in [0.29, 0.717) is 12.1 Å². The first-order chi connectivity index (χ1) is 15.6. The van der Waals surface area contributed by atoms with Gasteiger partial charge in [-0.1, -0.05) is 0 Å². The minimum absolute atomic E-state index is 0.162. The summed E-state index contributed by atoms with van der Waals surface area (Å²) in [6.45, 7) is -0.162. The number of nitrogens with zero attached hydrogens (tertiary/aromatic N) is 1. The summed E-state index contributed by atoms with van der Waals surface area (Å²) in [5.74, 6) is -6.02. The van der Waals surface area contributed by atoms with Crippen LogP contribution in [0, 0.1) is 17.5 Å². The summed E-state index contributed by atoms with van der Waals surface area (Å²) in [4.78, 5) is 38.2. The molecule has 0 amide bonds. The number of halogens is 3. The molecule has 1 aromatic carbocycles. The van der Waals surface area contributed by atoms with Crippen LogP contribution in [0.4, 0.5) is 13.2 Å². The molecule has 0 aliphatic carbocycles. The average Bonchev–Trinajstić information content (AvgIpc) is 2.78. The number of methoxy groups -OCH3 is 4. The van der Waals surface area contributed by atoms with E-state index in [4.69, 9.17) is 24.7 Å². The molecule has 2 rings (SSSR count).